The first-order chi connectivity index (χ1) is 5.74. The lowest BCUT2D eigenvalue weighted by Crippen LogP contribution is -2.37. The zero-order chi connectivity index (χ0) is 8.97. The molecule has 0 saturated carbocycles. The average Bonchev–Trinajstić information content (AvgIpc) is 2.05. The molecule has 0 aliphatic carbocycles. The first kappa shape index (κ1) is 10.0. The molecule has 1 rings (SSSR count). The zero-order valence-corrected chi connectivity index (χ0v) is 8.77. The van der Waals surface area contributed by atoms with Crippen LogP contribution in [0.4, 0.5) is 0 Å². The molecule has 72 valence electrons. The molecule has 0 aromatic carbocycles. The van der Waals surface area contributed by atoms with Crippen LogP contribution in [0.3, 0.4) is 0 Å². The predicted molar refractivity (Wildman–Crippen MR) is 54.2 cm³/mol. The molecule has 1 saturated heterocycles. The van der Waals surface area contributed by atoms with Gasteiger partial charge in [0.05, 0.1) is 0 Å². The van der Waals surface area contributed by atoms with E-state index < -0.39 is 0 Å². The summed E-state index contributed by atoms with van der Waals surface area (Å²) < 4.78 is 0. The second kappa shape index (κ2) is 4.86. The SMILES string of the molecule is CCCC(C)C1CNCC(C)C1. The number of nitrogens with one attached hydrogen (secondary N) is 1. The van der Waals surface area contributed by atoms with Crippen molar-refractivity contribution in [1.82, 2.24) is 5.32 Å². The topological polar surface area (TPSA) is 12.0 Å². The Balaban J connectivity index is 2.29. The molecule has 3 unspecified atom stereocenters. The molecule has 3 atom stereocenters. The Morgan fingerprint density at radius 2 is 2.17 bits per heavy atom. The van der Waals surface area contributed by atoms with Gasteiger partial charge in [-0.2, -0.15) is 0 Å². The quantitative estimate of drug-likeness (QED) is 0.685. The molecule has 1 nitrogen and oxygen atoms in total. The van der Waals surface area contributed by atoms with E-state index in [1.807, 2.05) is 0 Å². The van der Waals surface area contributed by atoms with Gasteiger partial charge < -0.3 is 5.32 Å². The monoisotopic (exact) mass is 169 g/mol. The van der Waals surface area contributed by atoms with Crippen molar-refractivity contribution >= 4 is 0 Å². The Kier molecular flexibility index (Phi) is 4.07. The number of rotatable bonds is 3. The van der Waals surface area contributed by atoms with Crippen molar-refractivity contribution in [2.75, 3.05) is 13.1 Å². The van der Waals surface area contributed by atoms with Crippen molar-refractivity contribution in [2.45, 2.75) is 40.0 Å². The Morgan fingerprint density at radius 3 is 2.75 bits per heavy atom. The van der Waals surface area contributed by atoms with Gasteiger partial charge in [0.25, 0.3) is 0 Å². The summed E-state index contributed by atoms with van der Waals surface area (Å²) in [6.07, 6.45) is 4.18. The van der Waals surface area contributed by atoms with E-state index in [1.54, 1.807) is 0 Å². The van der Waals surface area contributed by atoms with Gasteiger partial charge >= 0.3 is 0 Å². The Morgan fingerprint density at radius 1 is 1.42 bits per heavy atom. The summed E-state index contributed by atoms with van der Waals surface area (Å²) in [5.74, 6) is 2.75. The van der Waals surface area contributed by atoms with E-state index >= 15 is 0 Å². The van der Waals surface area contributed by atoms with E-state index in [0.717, 1.165) is 17.8 Å². The van der Waals surface area contributed by atoms with Crippen LogP contribution in [0.2, 0.25) is 0 Å². The fraction of sp³-hybridized carbons (Fsp3) is 1.00. The van der Waals surface area contributed by atoms with Gasteiger partial charge in [0.1, 0.15) is 0 Å². The average molecular weight is 169 g/mol. The van der Waals surface area contributed by atoms with Gasteiger partial charge in [-0.15, -0.1) is 0 Å². The Hall–Kier alpha value is -0.0400. The van der Waals surface area contributed by atoms with Crippen LogP contribution in [0.5, 0.6) is 0 Å². The maximum atomic E-state index is 3.52. The maximum absolute atomic E-state index is 3.52. The summed E-state index contributed by atoms with van der Waals surface area (Å²) in [5, 5.41) is 3.52. The maximum Gasteiger partial charge on any atom is -0.00177 e. The smallest absolute Gasteiger partial charge is 0.00177 e. The van der Waals surface area contributed by atoms with Gasteiger partial charge in [-0.3, -0.25) is 0 Å². The van der Waals surface area contributed by atoms with Crippen molar-refractivity contribution in [3.8, 4) is 0 Å². The molecule has 1 fully saturated rings. The molecule has 1 heteroatoms. The Labute approximate surface area is 76.9 Å². The number of piperidine rings is 1. The van der Waals surface area contributed by atoms with Crippen LogP contribution < -0.4 is 5.32 Å². The summed E-state index contributed by atoms with van der Waals surface area (Å²) in [6.45, 7) is 9.54. The van der Waals surface area contributed by atoms with Crippen LogP contribution in [-0.2, 0) is 0 Å². The fourth-order valence-corrected chi connectivity index (χ4v) is 2.32. The molecule has 0 amide bonds. The highest BCUT2D eigenvalue weighted by Gasteiger charge is 2.22. The fourth-order valence-electron chi connectivity index (χ4n) is 2.32. The van der Waals surface area contributed by atoms with Crippen LogP contribution in [0.15, 0.2) is 0 Å². The molecule has 0 aromatic rings. The van der Waals surface area contributed by atoms with Crippen molar-refractivity contribution < 1.29 is 0 Å². The van der Waals surface area contributed by atoms with E-state index in [9.17, 15) is 0 Å². The molecule has 1 heterocycles. The van der Waals surface area contributed by atoms with E-state index in [4.69, 9.17) is 0 Å². The van der Waals surface area contributed by atoms with Crippen molar-refractivity contribution in [2.24, 2.45) is 17.8 Å². The third-order valence-corrected chi connectivity index (χ3v) is 3.15. The summed E-state index contributed by atoms with van der Waals surface area (Å²) in [4.78, 5) is 0. The summed E-state index contributed by atoms with van der Waals surface area (Å²) in [6, 6.07) is 0. The van der Waals surface area contributed by atoms with Gasteiger partial charge in [0.2, 0.25) is 0 Å². The molecule has 0 aromatic heterocycles. The lowest BCUT2D eigenvalue weighted by Gasteiger charge is -2.32. The lowest BCUT2D eigenvalue weighted by molar-refractivity contribution is 0.223. The van der Waals surface area contributed by atoms with E-state index in [2.05, 4.69) is 26.1 Å². The highest BCUT2D eigenvalue weighted by Crippen LogP contribution is 2.25. The van der Waals surface area contributed by atoms with Crippen LogP contribution in [0, 0.1) is 17.8 Å². The third kappa shape index (κ3) is 2.78. The van der Waals surface area contributed by atoms with Gasteiger partial charge in [0, 0.05) is 0 Å². The normalized spacial score (nSPS) is 33.2. The molecular formula is C11H23N. The number of hydrogen-bond acceptors (Lipinski definition) is 1. The van der Waals surface area contributed by atoms with Crippen LogP contribution in [-0.4, -0.2) is 13.1 Å². The highest BCUT2D eigenvalue weighted by atomic mass is 14.9. The molecule has 1 aliphatic heterocycles. The second-order valence-corrected chi connectivity index (χ2v) is 4.53. The molecule has 0 spiro atoms. The lowest BCUT2D eigenvalue weighted by atomic mass is 9.81. The van der Waals surface area contributed by atoms with Gasteiger partial charge in [-0.25, -0.2) is 0 Å². The molecule has 12 heavy (non-hydrogen) atoms. The molecule has 1 N–H and O–H groups in total. The summed E-state index contributed by atoms with van der Waals surface area (Å²) >= 11 is 0. The van der Waals surface area contributed by atoms with E-state index in [-0.39, 0.29) is 0 Å². The van der Waals surface area contributed by atoms with Gasteiger partial charge in [-0.1, -0.05) is 33.6 Å². The van der Waals surface area contributed by atoms with Crippen LogP contribution in [0.1, 0.15) is 40.0 Å². The predicted octanol–water partition coefficient (Wildman–Crippen LogP) is 2.67. The minimum absolute atomic E-state index is 0.892. The Bertz CT molecular complexity index is 122. The minimum atomic E-state index is 0.892. The molecule has 0 bridgehead atoms. The zero-order valence-electron chi connectivity index (χ0n) is 8.77. The highest BCUT2D eigenvalue weighted by molar-refractivity contribution is 4.77. The van der Waals surface area contributed by atoms with Crippen LogP contribution >= 0.6 is 0 Å². The first-order valence-electron chi connectivity index (χ1n) is 5.44. The van der Waals surface area contributed by atoms with Gasteiger partial charge in [0.15, 0.2) is 0 Å². The van der Waals surface area contributed by atoms with Crippen molar-refractivity contribution in [3.05, 3.63) is 0 Å². The third-order valence-electron chi connectivity index (χ3n) is 3.15. The van der Waals surface area contributed by atoms with Gasteiger partial charge in [-0.05, 0) is 37.3 Å². The summed E-state index contributed by atoms with van der Waals surface area (Å²) in [5.41, 5.74) is 0. The largest absolute Gasteiger partial charge is 0.316 e. The molecule has 0 radical (unpaired) electrons. The summed E-state index contributed by atoms with van der Waals surface area (Å²) in [7, 11) is 0. The second-order valence-electron chi connectivity index (χ2n) is 4.53. The standard InChI is InChI=1S/C11H23N/c1-4-5-10(3)11-6-9(2)7-12-8-11/h9-12H,4-8H2,1-3H3. The van der Waals surface area contributed by atoms with Crippen molar-refractivity contribution in [3.63, 3.8) is 0 Å². The minimum Gasteiger partial charge on any atom is -0.316 e. The van der Waals surface area contributed by atoms with E-state index in [0.29, 0.717) is 0 Å². The van der Waals surface area contributed by atoms with Crippen LogP contribution in [0.25, 0.3) is 0 Å². The van der Waals surface area contributed by atoms with Crippen molar-refractivity contribution in [1.29, 1.82) is 0 Å². The molecule has 1 aliphatic rings. The number of hydrogen-bond donors (Lipinski definition) is 1. The first-order valence-corrected chi connectivity index (χ1v) is 5.44. The molecular weight excluding hydrogens is 146 g/mol. The van der Waals surface area contributed by atoms with E-state index in [1.165, 1.54) is 32.4 Å².